The van der Waals surface area contributed by atoms with Crippen LogP contribution in [0.3, 0.4) is 0 Å². The van der Waals surface area contributed by atoms with Gasteiger partial charge in [0, 0.05) is 6.54 Å². The third-order valence-electron chi connectivity index (χ3n) is 2.95. The minimum Gasteiger partial charge on any atom is -0.258 e. The topological polar surface area (TPSA) is 121 Å². The fourth-order valence-electron chi connectivity index (χ4n) is 1.41. The lowest BCUT2D eigenvalue weighted by Crippen LogP contribution is -2.50. The molecule has 0 radical (unpaired) electrons. The van der Waals surface area contributed by atoms with Gasteiger partial charge in [0.2, 0.25) is 10.0 Å². The number of benzene rings is 1. The van der Waals surface area contributed by atoms with Crippen molar-refractivity contribution in [3.63, 3.8) is 0 Å². The zero-order valence-electron chi connectivity index (χ0n) is 12.6. The summed E-state index contributed by atoms with van der Waals surface area (Å²) >= 11 is 0. The van der Waals surface area contributed by atoms with E-state index in [1.54, 1.807) is 12.1 Å². The number of aryl methyl sites for hydroxylation is 1. The van der Waals surface area contributed by atoms with Crippen LogP contribution in [0.1, 0.15) is 19.4 Å². The van der Waals surface area contributed by atoms with E-state index in [0.29, 0.717) is 0 Å². The Bertz CT molecular complexity index is 655. The van der Waals surface area contributed by atoms with Gasteiger partial charge in [-0.15, -0.1) is 5.43 Å². The molecule has 9 nitrogen and oxygen atoms in total. The molecule has 0 aliphatic rings. The van der Waals surface area contributed by atoms with Gasteiger partial charge in [-0.1, -0.05) is 17.7 Å². The van der Waals surface area contributed by atoms with E-state index < -0.39 is 20.6 Å². The number of nitro groups is 1. The van der Waals surface area contributed by atoms with Crippen molar-refractivity contribution in [3.8, 4) is 0 Å². The molecular weight excluding hydrogens is 312 g/mol. The van der Waals surface area contributed by atoms with Crippen molar-refractivity contribution >= 4 is 10.0 Å². The van der Waals surface area contributed by atoms with Gasteiger partial charge in [0.25, 0.3) is 0 Å². The molecule has 0 atom stereocenters. The number of nitrogens with zero attached hydrogens (tertiary/aromatic N) is 2. The smallest absolute Gasteiger partial charge is 0.258 e. The van der Waals surface area contributed by atoms with Crippen LogP contribution in [-0.2, 0) is 10.0 Å². The fraction of sp³-hybridized carbons (Fsp3) is 0.500. The second-order valence-electron chi connectivity index (χ2n) is 5.16. The van der Waals surface area contributed by atoms with Gasteiger partial charge in [-0.05, 0) is 19.1 Å². The number of nitroso groups, excluding NO2 is 1. The van der Waals surface area contributed by atoms with Gasteiger partial charge in [0.1, 0.15) is 0 Å². The van der Waals surface area contributed by atoms with Gasteiger partial charge >= 0.3 is 5.66 Å². The molecule has 0 aliphatic heterocycles. The summed E-state index contributed by atoms with van der Waals surface area (Å²) in [6.07, 6.45) is 0. The Morgan fingerprint density at radius 3 is 2.18 bits per heavy atom. The van der Waals surface area contributed by atoms with E-state index in [1.165, 1.54) is 12.1 Å². The maximum absolute atomic E-state index is 12.0. The number of nitrogens with one attached hydrogen (secondary N) is 2. The molecule has 0 unspecified atom stereocenters. The average Bonchev–Trinajstić information content (AvgIpc) is 2.43. The van der Waals surface area contributed by atoms with Gasteiger partial charge < -0.3 is 0 Å². The molecule has 0 aliphatic carbocycles. The van der Waals surface area contributed by atoms with Crippen LogP contribution in [0.15, 0.2) is 29.2 Å². The summed E-state index contributed by atoms with van der Waals surface area (Å²) in [6, 6.07) is 6.29. The number of hydrazine groups is 1. The van der Waals surface area contributed by atoms with Crippen molar-refractivity contribution in [2.45, 2.75) is 31.3 Å². The second-order valence-corrected chi connectivity index (χ2v) is 6.93. The van der Waals surface area contributed by atoms with E-state index in [2.05, 4.69) is 10.1 Å². The summed E-state index contributed by atoms with van der Waals surface area (Å²) in [5, 5.41) is 10.7. The van der Waals surface area contributed by atoms with Crippen LogP contribution >= 0.6 is 0 Å². The van der Waals surface area contributed by atoms with Crippen molar-refractivity contribution < 1.29 is 18.2 Å². The number of sulfonamides is 1. The lowest BCUT2D eigenvalue weighted by molar-refractivity contribution is -0.840. The molecule has 1 aromatic rings. The van der Waals surface area contributed by atoms with Crippen LogP contribution in [0.4, 0.5) is 0 Å². The van der Waals surface area contributed by atoms with E-state index in [1.807, 2.05) is 6.92 Å². The summed E-state index contributed by atoms with van der Waals surface area (Å²) in [5.74, 6) is 0. The molecule has 0 aromatic heterocycles. The maximum Gasteiger partial charge on any atom is 0.472 e. The minimum absolute atomic E-state index is 0.0775. The Kier molecular flexibility index (Phi) is 5.55. The molecule has 0 bridgehead atoms. The third kappa shape index (κ3) is 4.46. The first kappa shape index (κ1) is 18.0. The molecule has 122 valence electrons. The summed E-state index contributed by atoms with van der Waals surface area (Å²) in [7, 11) is -3.67. The highest BCUT2D eigenvalue weighted by molar-refractivity contribution is 7.89. The van der Waals surface area contributed by atoms with E-state index >= 15 is 0 Å². The van der Waals surface area contributed by atoms with Crippen molar-refractivity contribution in [1.82, 2.24) is 10.1 Å². The summed E-state index contributed by atoms with van der Waals surface area (Å²) in [4.78, 5) is 21.7. The predicted molar refractivity (Wildman–Crippen MR) is 79.1 cm³/mol. The Labute approximate surface area is 128 Å². The highest BCUT2D eigenvalue weighted by Crippen LogP contribution is 2.09. The Balaban J connectivity index is 2.52. The van der Waals surface area contributed by atoms with Crippen LogP contribution in [0.25, 0.3) is 0 Å². The van der Waals surface area contributed by atoms with Gasteiger partial charge in [-0.25, -0.2) is 13.1 Å². The Morgan fingerprint density at radius 2 is 1.68 bits per heavy atom. The molecule has 22 heavy (non-hydrogen) atoms. The SMILES string of the molecule is Cc1ccc(S(=O)(=O)NCCN[N+](=O)C(C)(C)[N+](=O)[O-])cc1. The van der Waals surface area contributed by atoms with Crippen LogP contribution in [0.2, 0.25) is 0 Å². The lowest BCUT2D eigenvalue weighted by Gasteiger charge is -2.08. The molecule has 1 rings (SSSR count). The summed E-state index contributed by atoms with van der Waals surface area (Å²) in [5.41, 5.74) is 1.34. The quantitative estimate of drug-likeness (QED) is 0.236. The summed E-state index contributed by atoms with van der Waals surface area (Å²) in [6.45, 7) is 3.97. The van der Waals surface area contributed by atoms with Crippen molar-refractivity contribution in [2.24, 2.45) is 0 Å². The van der Waals surface area contributed by atoms with Gasteiger partial charge in [0.15, 0.2) is 4.87 Å². The monoisotopic (exact) mass is 331 g/mol. The molecule has 0 fully saturated rings. The number of hydrogen-bond acceptors (Lipinski definition) is 5. The first-order valence-electron chi connectivity index (χ1n) is 6.49. The van der Waals surface area contributed by atoms with Crippen LogP contribution in [-0.4, -0.2) is 37.0 Å². The normalized spacial score (nSPS) is 12.0. The predicted octanol–water partition coefficient (Wildman–Crippen LogP) is 0.570. The highest BCUT2D eigenvalue weighted by atomic mass is 32.2. The van der Waals surface area contributed by atoms with Crippen LogP contribution in [0, 0.1) is 21.9 Å². The van der Waals surface area contributed by atoms with Crippen molar-refractivity contribution in [1.29, 1.82) is 0 Å². The number of rotatable bonds is 8. The molecule has 0 amide bonds. The standard InChI is InChI=1S/C12H19N4O5S/c1-10-4-6-11(7-5-10)22(20,21)14-9-8-13-15(17)12(2,3)16(18)19/h4-7,14H,8-9H2,1-3H3,(H,13,17)/q+1. The van der Waals surface area contributed by atoms with E-state index in [0.717, 1.165) is 19.4 Å². The number of hydrogen-bond donors (Lipinski definition) is 2. The minimum atomic E-state index is -3.67. The Morgan fingerprint density at radius 1 is 1.14 bits per heavy atom. The molecule has 0 heterocycles. The van der Waals surface area contributed by atoms with Gasteiger partial charge in [-0.2, -0.15) is 0 Å². The fourth-order valence-corrected chi connectivity index (χ4v) is 2.44. The molecule has 0 saturated carbocycles. The van der Waals surface area contributed by atoms with E-state index in [9.17, 15) is 23.4 Å². The molecule has 0 spiro atoms. The average molecular weight is 331 g/mol. The Hall–Kier alpha value is -2.07. The van der Waals surface area contributed by atoms with Crippen molar-refractivity contribution in [3.05, 3.63) is 44.9 Å². The highest BCUT2D eigenvalue weighted by Gasteiger charge is 2.48. The third-order valence-corrected chi connectivity index (χ3v) is 4.42. The van der Waals surface area contributed by atoms with E-state index in [4.69, 9.17) is 0 Å². The summed E-state index contributed by atoms with van der Waals surface area (Å²) < 4.78 is 26.2. The first-order valence-corrected chi connectivity index (χ1v) is 7.97. The maximum atomic E-state index is 12.0. The zero-order valence-corrected chi connectivity index (χ0v) is 13.4. The zero-order chi connectivity index (χ0) is 17.0. The second kappa shape index (κ2) is 6.79. The largest absolute Gasteiger partial charge is 0.472 e. The molecule has 0 saturated heterocycles. The van der Waals surface area contributed by atoms with Crippen LogP contribution in [0.5, 0.6) is 0 Å². The molecule has 10 heteroatoms. The van der Waals surface area contributed by atoms with Gasteiger partial charge in [-0.3, -0.25) is 10.1 Å². The van der Waals surface area contributed by atoms with E-state index in [-0.39, 0.29) is 22.9 Å². The molecule has 1 aromatic carbocycles. The van der Waals surface area contributed by atoms with Gasteiger partial charge in [0.05, 0.1) is 35.1 Å². The first-order chi connectivity index (χ1) is 10.1. The molecule has 2 N–H and O–H groups in total. The van der Waals surface area contributed by atoms with Crippen LogP contribution < -0.4 is 10.1 Å². The van der Waals surface area contributed by atoms with Crippen molar-refractivity contribution in [2.75, 3.05) is 13.1 Å². The molecular formula is C12H19N4O5S+. The lowest BCUT2D eigenvalue weighted by atomic mass is 10.2.